The Hall–Kier alpha value is -2.93. The number of nitrogens with one attached hydrogen (secondary N) is 2. The van der Waals surface area contributed by atoms with Gasteiger partial charge in [0.05, 0.1) is 15.9 Å². The Bertz CT molecular complexity index is 972. The van der Waals surface area contributed by atoms with Gasteiger partial charge in [-0.15, -0.1) is 6.58 Å². The van der Waals surface area contributed by atoms with E-state index in [1.807, 2.05) is 18.2 Å². The minimum absolute atomic E-state index is 0.152. The first-order valence-electron chi connectivity index (χ1n) is 7.29. The standard InChI is InChI=1S/C17H16N4O2S/c1-2-12-18-16-17(20-15-11-7-6-10-14(15)19-16)21-24(22,23)13-8-4-3-5-9-13/h2-11H,1,12H2,(H,18,19)(H,20,21). The van der Waals surface area contributed by atoms with E-state index in [4.69, 9.17) is 0 Å². The van der Waals surface area contributed by atoms with Crippen LogP contribution in [0.25, 0.3) is 11.0 Å². The van der Waals surface area contributed by atoms with Gasteiger partial charge >= 0.3 is 0 Å². The summed E-state index contributed by atoms with van der Waals surface area (Å²) in [6, 6.07) is 15.4. The fraction of sp³-hybridized carbons (Fsp3) is 0.0588. The Balaban J connectivity index is 2.05. The summed E-state index contributed by atoms with van der Waals surface area (Å²) in [5.41, 5.74) is 1.28. The van der Waals surface area contributed by atoms with Crippen LogP contribution in [0.1, 0.15) is 0 Å². The predicted molar refractivity (Wildman–Crippen MR) is 95.5 cm³/mol. The van der Waals surface area contributed by atoms with Crippen molar-refractivity contribution in [2.45, 2.75) is 4.90 Å². The minimum Gasteiger partial charge on any atom is -0.363 e. The smallest absolute Gasteiger partial charge is 0.263 e. The third-order valence-corrected chi connectivity index (χ3v) is 4.62. The van der Waals surface area contributed by atoms with Crippen molar-refractivity contribution >= 4 is 32.7 Å². The molecule has 1 heterocycles. The molecule has 0 amide bonds. The minimum atomic E-state index is -3.75. The molecule has 24 heavy (non-hydrogen) atoms. The lowest BCUT2D eigenvalue weighted by molar-refractivity contribution is 0.601. The van der Waals surface area contributed by atoms with Crippen LogP contribution in [0, 0.1) is 0 Å². The molecule has 0 saturated carbocycles. The second-order valence-corrected chi connectivity index (χ2v) is 6.68. The maximum absolute atomic E-state index is 12.5. The molecule has 0 aliphatic carbocycles. The van der Waals surface area contributed by atoms with E-state index < -0.39 is 10.0 Å². The first-order valence-corrected chi connectivity index (χ1v) is 8.78. The first kappa shape index (κ1) is 15.9. The average Bonchev–Trinajstić information content (AvgIpc) is 2.60. The molecular weight excluding hydrogens is 324 g/mol. The van der Waals surface area contributed by atoms with E-state index in [1.165, 1.54) is 12.1 Å². The monoisotopic (exact) mass is 340 g/mol. The quantitative estimate of drug-likeness (QED) is 0.674. The highest BCUT2D eigenvalue weighted by molar-refractivity contribution is 7.92. The Morgan fingerprint density at radius 3 is 2.12 bits per heavy atom. The van der Waals surface area contributed by atoms with Crippen LogP contribution < -0.4 is 10.0 Å². The van der Waals surface area contributed by atoms with Crippen molar-refractivity contribution in [3.8, 4) is 0 Å². The fourth-order valence-electron chi connectivity index (χ4n) is 2.15. The highest BCUT2D eigenvalue weighted by Crippen LogP contribution is 2.24. The van der Waals surface area contributed by atoms with Crippen LogP contribution in [0.3, 0.4) is 0 Å². The van der Waals surface area contributed by atoms with Crippen LogP contribution in [-0.4, -0.2) is 24.9 Å². The second kappa shape index (κ2) is 6.67. The first-order chi connectivity index (χ1) is 11.6. The molecule has 2 N–H and O–H groups in total. The number of hydrogen-bond acceptors (Lipinski definition) is 5. The van der Waals surface area contributed by atoms with Gasteiger partial charge in [0.1, 0.15) is 0 Å². The Kier molecular flexibility index (Phi) is 4.43. The van der Waals surface area contributed by atoms with Crippen molar-refractivity contribution in [1.82, 2.24) is 9.97 Å². The van der Waals surface area contributed by atoms with Crippen molar-refractivity contribution in [2.24, 2.45) is 0 Å². The number of fused-ring (bicyclic) bond motifs is 1. The largest absolute Gasteiger partial charge is 0.363 e. The molecule has 0 saturated heterocycles. The summed E-state index contributed by atoms with van der Waals surface area (Å²) in [5, 5.41) is 3.01. The SMILES string of the molecule is C=CCNc1nc2ccccc2nc1NS(=O)(=O)c1ccccc1. The number of hydrogen-bond donors (Lipinski definition) is 2. The Morgan fingerprint density at radius 2 is 1.50 bits per heavy atom. The predicted octanol–water partition coefficient (Wildman–Crippen LogP) is 3.03. The van der Waals surface area contributed by atoms with Crippen molar-refractivity contribution in [1.29, 1.82) is 0 Å². The van der Waals surface area contributed by atoms with E-state index in [-0.39, 0.29) is 10.7 Å². The van der Waals surface area contributed by atoms with Crippen LogP contribution in [0.15, 0.2) is 72.1 Å². The summed E-state index contributed by atoms with van der Waals surface area (Å²) >= 11 is 0. The normalized spacial score (nSPS) is 11.2. The van der Waals surface area contributed by atoms with Crippen molar-refractivity contribution in [3.63, 3.8) is 0 Å². The third kappa shape index (κ3) is 3.36. The maximum Gasteiger partial charge on any atom is 0.263 e. The van der Waals surface area contributed by atoms with Gasteiger partial charge in [-0.1, -0.05) is 36.4 Å². The number of nitrogens with zero attached hydrogens (tertiary/aromatic N) is 2. The average molecular weight is 340 g/mol. The summed E-state index contributed by atoms with van der Waals surface area (Å²) in [6.07, 6.45) is 1.66. The molecule has 0 unspecified atom stereocenters. The summed E-state index contributed by atoms with van der Waals surface area (Å²) < 4.78 is 27.6. The molecule has 0 atom stereocenters. The van der Waals surface area contributed by atoms with Crippen LogP contribution in [-0.2, 0) is 10.0 Å². The molecule has 0 bridgehead atoms. The van der Waals surface area contributed by atoms with E-state index in [0.29, 0.717) is 23.4 Å². The van der Waals surface area contributed by atoms with Crippen molar-refractivity contribution < 1.29 is 8.42 Å². The highest BCUT2D eigenvalue weighted by atomic mass is 32.2. The van der Waals surface area contributed by atoms with E-state index in [1.54, 1.807) is 30.3 Å². The molecule has 1 aromatic heterocycles. The third-order valence-electron chi connectivity index (χ3n) is 3.27. The summed E-state index contributed by atoms with van der Waals surface area (Å²) in [6.45, 7) is 4.08. The van der Waals surface area contributed by atoms with Gasteiger partial charge in [0, 0.05) is 6.54 Å². The molecule has 7 heteroatoms. The maximum atomic E-state index is 12.5. The van der Waals surface area contributed by atoms with Crippen LogP contribution in [0.5, 0.6) is 0 Å². The zero-order chi connectivity index (χ0) is 17.0. The van der Waals surface area contributed by atoms with E-state index >= 15 is 0 Å². The van der Waals surface area contributed by atoms with Gasteiger partial charge in [-0.2, -0.15) is 0 Å². The van der Waals surface area contributed by atoms with Crippen LogP contribution in [0.2, 0.25) is 0 Å². The summed E-state index contributed by atoms with van der Waals surface area (Å²) in [4.78, 5) is 8.99. The molecule has 6 nitrogen and oxygen atoms in total. The Labute approximate surface area is 140 Å². The summed E-state index contributed by atoms with van der Waals surface area (Å²) in [5.74, 6) is 0.507. The molecule has 3 rings (SSSR count). The van der Waals surface area contributed by atoms with Gasteiger partial charge in [-0.05, 0) is 24.3 Å². The lowest BCUT2D eigenvalue weighted by atomic mass is 10.3. The molecule has 122 valence electrons. The number of rotatable bonds is 6. The second-order valence-electron chi connectivity index (χ2n) is 5.00. The number of sulfonamides is 1. The molecule has 0 aliphatic rings. The van der Waals surface area contributed by atoms with Gasteiger partial charge in [0.2, 0.25) is 0 Å². The zero-order valence-electron chi connectivity index (χ0n) is 12.8. The lowest BCUT2D eigenvalue weighted by Gasteiger charge is -2.13. The molecule has 0 spiro atoms. The van der Waals surface area contributed by atoms with Crippen molar-refractivity contribution in [2.75, 3.05) is 16.6 Å². The van der Waals surface area contributed by atoms with E-state index in [0.717, 1.165) is 0 Å². The lowest BCUT2D eigenvalue weighted by Crippen LogP contribution is -2.16. The fourth-order valence-corrected chi connectivity index (χ4v) is 3.18. The van der Waals surface area contributed by atoms with Crippen molar-refractivity contribution in [3.05, 3.63) is 67.3 Å². The number of anilines is 2. The zero-order valence-corrected chi connectivity index (χ0v) is 13.6. The van der Waals surface area contributed by atoms with E-state index in [2.05, 4.69) is 26.6 Å². The molecule has 0 fully saturated rings. The molecule has 2 aromatic carbocycles. The summed E-state index contributed by atoms with van der Waals surface area (Å²) in [7, 11) is -3.75. The topological polar surface area (TPSA) is 84.0 Å². The van der Waals surface area contributed by atoms with Crippen LogP contribution >= 0.6 is 0 Å². The number of benzene rings is 2. The molecule has 0 aliphatic heterocycles. The van der Waals surface area contributed by atoms with Crippen LogP contribution in [0.4, 0.5) is 11.6 Å². The molecular formula is C17H16N4O2S. The van der Waals surface area contributed by atoms with Gasteiger partial charge < -0.3 is 5.32 Å². The molecule has 3 aromatic rings. The highest BCUT2D eigenvalue weighted by Gasteiger charge is 2.18. The van der Waals surface area contributed by atoms with E-state index in [9.17, 15) is 8.42 Å². The number of para-hydroxylation sites is 2. The van der Waals surface area contributed by atoms with Gasteiger partial charge in [-0.3, -0.25) is 4.72 Å². The Morgan fingerprint density at radius 1 is 0.917 bits per heavy atom. The molecule has 0 radical (unpaired) electrons. The van der Waals surface area contributed by atoms with Gasteiger partial charge in [0.25, 0.3) is 10.0 Å². The number of aromatic nitrogens is 2. The van der Waals surface area contributed by atoms with Gasteiger partial charge in [0.15, 0.2) is 11.6 Å². The van der Waals surface area contributed by atoms with Gasteiger partial charge in [-0.25, -0.2) is 18.4 Å².